The Hall–Kier alpha value is -1.35. The summed E-state index contributed by atoms with van der Waals surface area (Å²) in [5.74, 6) is 5.52. The molecule has 1 aromatic rings. The third-order valence-electron chi connectivity index (χ3n) is 3.24. The van der Waals surface area contributed by atoms with Crippen LogP contribution in [-0.2, 0) is 16.1 Å². The van der Waals surface area contributed by atoms with E-state index in [1.165, 1.54) is 0 Å². The minimum Gasteiger partial charge on any atom is -0.384 e. The molecule has 1 fully saturated rings. The fourth-order valence-corrected chi connectivity index (χ4v) is 3.08. The number of aliphatic hydroxyl groups is 1. The molecule has 0 bridgehead atoms. The molecule has 1 amide bonds. The van der Waals surface area contributed by atoms with Crippen LogP contribution in [0, 0.1) is 11.8 Å². The molecule has 0 aromatic carbocycles. The lowest BCUT2D eigenvalue weighted by atomic mass is 10.2. The minimum absolute atomic E-state index is 0.0470. The van der Waals surface area contributed by atoms with Crippen LogP contribution in [0.4, 0.5) is 0 Å². The third kappa shape index (κ3) is 3.83. The topological polar surface area (TPSA) is 49.8 Å². The Bertz CT molecular complexity index is 529. The number of amides is 1. The summed E-state index contributed by atoms with van der Waals surface area (Å²) in [4.78, 5) is 15.0. The SMILES string of the molecule is CC1CCC(C(=O)N(C)Cc2cc(C#CCO)cs2)O1. The van der Waals surface area contributed by atoms with Crippen molar-refractivity contribution in [2.24, 2.45) is 0 Å². The first-order chi connectivity index (χ1) is 9.60. The van der Waals surface area contributed by atoms with E-state index in [1.807, 2.05) is 18.4 Å². The zero-order valence-electron chi connectivity index (χ0n) is 11.8. The standard InChI is InChI=1S/C15H19NO3S/c1-11-5-6-14(19-11)15(18)16(2)9-13-8-12(10-20-13)4-3-7-17/h8,10-11,14,17H,5-7,9H2,1-2H3. The molecule has 1 aliphatic heterocycles. The van der Waals surface area contributed by atoms with Gasteiger partial charge in [0.15, 0.2) is 0 Å². The summed E-state index contributed by atoms with van der Waals surface area (Å²) in [5, 5.41) is 10.6. The number of hydrogen-bond donors (Lipinski definition) is 1. The highest BCUT2D eigenvalue weighted by Crippen LogP contribution is 2.22. The van der Waals surface area contributed by atoms with Crippen molar-refractivity contribution in [2.45, 2.75) is 38.5 Å². The van der Waals surface area contributed by atoms with Gasteiger partial charge in [0.1, 0.15) is 12.7 Å². The van der Waals surface area contributed by atoms with Crippen LogP contribution in [0.2, 0.25) is 0 Å². The van der Waals surface area contributed by atoms with Crippen LogP contribution >= 0.6 is 11.3 Å². The molecule has 0 saturated carbocycles. The monoisotopic (exact) mass is 293 g/mol. The highest BCUT2D eigenvalue weighted by atomic mass is 32.1. The van der Waals surface area contributed by atoms with Crippen molar-refractivity contribution in [3.8, 4) is 11.8 Å². The molecule has 0 aliphatic carbocycles. The summed E-state index contributed by atoms with van der Waals surface area (Å²) in [7, 11) is 1.80. The lowest BCUT2D eigenvalue weighted by molar-refractivity contribution is -0.141. The molecule has 1 aliphatic rings. The Morgan fingerprint density at radius 3 is 3.05 bits per heavy atom. The van der Waals surface area contributed by atoms with E-state index in [0.717, 1.165) is 23.3 Å². The Labute approximate surface area is 123 Å². The van der Waals surface area contributed by atoms with Crippen LogP contribution in [0.5, 0.6) is 0 Å². The number of aliphatic hydroxyl groups excluding tert-OH is 1. The summed E-state index contributed by atoms with van der Waals surface area (Å²) >= 11 is 1.57. The van der Waals surface area contributed by atoms with Crippen LogP contribution in [0.3, 0.4) is 0 Å². The van der Waals surface area contributed by atoms with Gasteiger partial charge in [0.25, 0.3) is 5.91 Å². The second-order valence-electron chi connectivity index (χ2n) is 4.97. The van der Waals surface area contributed by atoms with E-state index in [9.17, 15) is 4.79 Å². The van der Waals surface area contributed by atoms with Gasteiger partial charge in [-0.05, 0) is 25.8 Å². The summed E-state index contributed by atoms with van der Waals surface area (Å²) in [6.07, 6.45) is 1.65. The molecule has 0 radical (unpaired) electrons. The first-order valence-electron chi connectivity index (χ1n) is 6.67. The molecule has 1 saturated heterocycles. The molecule has 2 unspecified atom stereocenters. The smallest absolute Gasteiger partial charge is 0.251 e. The number of carbonyl (C=O) groups excluding carboxylic acids is 1. The lowest BCUT2D eigenvalue weighted by Gasteiger charge is -2.20. The van der Waals surface area contributed by atoms with Crippen LogP contribution in [0.15, 0.2) is 11.4 Å². The Kier molecular flexibility index (Phi) is 5.18. The van der Waals surface area contributed by atoms with Gasteiger partial charge in [0.05, 0.1) is 12.6 Å². The average molecular weight is 293 g/mol. The lowest BCUT2D eigenvalue weighted by Crippen LogP contribution is -2.35. The molecule has 0 spiro atoms. The first kappa shape index (κ1) is 15.0. The number of rotatable bonds is 3. The highest BCUT2D eigenvalue weighted by Gasteiger charge is 2.30. The predicted octanol–water partition coefficient (Wildman–Crippen LogP) is 1.62. The van der Waals surface area contributed by atoms with E-state index in [-0.39, 0.29) is 24.7 Å². The van der Waals surface area contributed by atoms with Gasteiger partial charge in [-0.25, -0.2) is 0 Å². The van der Waals surface area contributed by atoms with Gasteiger partial charge >= 0.3 is 0 Å². The Balaban J connectivity index is 1.92. The van der Waals surface area contributed by atoms with Gasteiger partial charge in [-0.3, -0.25) is 4.79 Å². The summed E-state index contributed by atoms with van der Waals surface area (Å²) in [6.45, 7) is 2.43. The average Bonchev–Trinajstić information content (AvgIpc) is 3.04. The molecule has 1 N–H and O–H groups in total. The number of carbonyl (C=O) groups is 1. The molecular formula is C15H19NO3S. The zero-order chi connectivity index (χ0) is 14.5. The van der Waals surface area contributed by atoms with Crippen molar-refractivity contribution >= 4 is 17.2 Å². The van der Waals surface area contributed by atoms with Crippen LogP contribution in [0.1, 0.15) is 30.2 Å². The number of hydrogen-bond acceptors (Lipinski definition) is 4. The van der Waals surface area contributed by atoms with Gasteiger partial charge < -0.3 is 14.7 Å². The van der Waals surface area contributed by atoms with Crippen LogP contribution in [0.25, 0.3) is 0 Å². The number of ether oxygens (including phenoxy) is 1. The van der Waals surface area contributed by atoms with E-state index in [0.29, 0.717) is 6.54 Å². The first-order valence-corrected chi connectivity index (χ1v) is 7.55. The van der Waals surface area contributed by atoms with Gasteiger partial charge in [-0.15, -0.1) is 11.3 Å². The Morgan fingerprint density at radius 2 is 2.40 bits per heavy atom. The summed E-state index contributed by atoms with van der Waals surface area (Å²) in [5.41, 5.74) is 0.880. The van der Waals surface area contributed by atoms with Crippen LogP contribution in [-0.4, -0.2) is 41.8 Å². The second-order valence-corrected chi connectivity index (χ2v) is 5.96. The summed E-state index contributed by atoms with van der Waals surface area (Å²) < 4.78 is 5.60. The van der Waals surface area contributed by atoms with E-state index < -0.39 is 0 Å². The molecular weight excluding hydrogens is 274 g/mol. The fraction of sp³-hybridized carbons (Fsp3) is 0.533. The predicted molar refractivity (Wildman–Crippen MR) is 78.3 cm³/mol. The van der Waals surface area contributed by atoms with Gasteiger partial charge in [-0.1, -0.05) is 11.8 Å². The van der Waals surface area contributed by atoms with Gasteiger partial charge in [-0.2, -0.15) is 0 Å². The van der Waals surface area contributed by atoms with Crippen molar-refractivity contribution in [1.29, 1.82) is 0 Å². The summed E-state index contributed by atoms with van der Waals surface area (Å²) in [6, 6.07) is 1.95. The number of thiophene rings is 1. The quantitative estimate of drug-likeness (QED) is 0.862. The molecule has 2 atom stereocenters. The molecule has 2 heterocycles. The van der Waals surface area contributed by atoms with Crippen LogP contribution < -0.4 is 0 Å². The van der Waals surface area contributed by atoms with E-state index in [1.54, 1.807) is 23.3 Å². The molecule has 1 aromatic heterocycles. The fourth-order valence-electron chi connectivity index (χ4n) is 2.21. The largest absolute Gasteiger partial charge is 0.384 e. The maximum Gasteiger partial charge on any atom is 0.251 e. The Morgan fingerprint density at radius 1 is 1.60 bits per heavy atom. The maximum absolute atomic E-state index is 12.2. The van der Waals surface area contributed by atoms with Crippen molar-refractivity contribution in [3.05, 3.63) is 21.9 Å². The third-order valence-corrected chi connectivity index (χ3v) is 4.16. The van der Waals surface area contributed by atoms with Gasteiger partial charge in [0.2, 0.25) is 0 Å². The molecule has 5 heteroatoms. The minimum atomic E-state index is -0.288. The van der Waals surface area contributed by atoms with E-state index in [2.05, 4.69) is 11.8 Å². The normalized spacial score (nSPS) is 21.4. The van der Waals surface area contributed by atoms with Crippen molar-refractivity contribution in [1.82, 2.24) is 4.90 Å². The molecule has 4 nitrogen and oxygen atoms in total. The van der Waals surface area contributed by atoms with Crippen molar-refractivity contribution in [3.63, 3.8) is 0 Å². The van der Waals surface area contributed by atoms with E-state index in [4.69, 9.17) is 9.84 Å². The van der Waals surface area contributed by atoms with Gasteiger partial charge in [0, 0.05) is 22.9 Å². The highest BCUT2D eigenvalue weighted by molar-refractivity contribution is 7.10. The zero-order valence-corrected chi connectivity index (χ0v) is 12.6. The van der Waals surface area contributed by atoms with Crippen molar-refractivity contribution < 1.29 is 14.6 Å². The molecule has 20 heavy (non-hydrogen) atoms. The van der Waals surface area contributed by atoms with Crippen molar-refractivity contribution in [2.75, 3.05) is 13.7 Å². The second kappa shape index (κ2) is 6.89. The number of likely N-dealkylation sites (N-methyl/N-ethyl adjacent to an activating group) is 1. The van der Waals surface area contributed by atoms with E-state index >= 15 is 0 Å². The molecule has 2 rings (SSSR count). The maximum atomic E-state index is 12.2. The number of nitrogens with zero attached hydrogens (tertiary/aromatic N) is 1. The molecule has 108 valence electrons.